The third-order valence-electron chi connectivity index (χ3n) is 4.75. The van der Waals surface area contributed by atoms with Crippen LogP contribution in [0.1, 0.15) is 43.2 Å². The Morgan fingerprint density at radius 1 is 1.35 bits per heavy atom. The Morgan fingerprint density at radius 3 is 3.04 bits per heavy atom. The third kappa shape index (κ3) is 2.60. The van der Waals surface area contributed by atoms with Crippen molar-refractivity contribution in [1.29, 1.82) is 0 Å². The molecule has 1 N–H and O–H groups in total. The number of H-pyrrole nitrogens is 1. The predicted octanol–water partition coefficient (Wildman–Crippen LogP) is 3.88. The van der Waals surface area contributed by atoms with E-state index in [1.54, 1.807) is 11.3 Å². The van der Waals surface area contributed by atoms with Crippen molar-refractivity contribution < 1.29 is 0 Å². The second kappa shape index (κ2) is 5.91. The van der Waals surface area contributed by atoms with Crippen molar-refractivity contribution in [1.82, 2.24) is 14.9 Å². The van der Waals surface area contributed by atoms with E-state index in [4.69, 9.17) is 4.98 Å². The molecule has 0 saturated carbocycles. The lowest BCUT2D eigenvalue weighted by molar-refractivity contribution is 0.187. The lowest BCUT2D eigenvalue weighted by atomic mass is 10.1. The molecule has 0 unspecified atom stereocenters. The molecule has 0 radical (unpaired) electrons. The first-order valence-corrected chi connectivity index (χ1v) is 8.95. The standard InChI is InChI=1S/C18H19N3OS/c1-12(21-9-4-7-16(21)13-8-10-23-11-13)17-19-15-6-3-2-5-14(15)18(22)20-17/h2-3,5-6,8,10-12,16H,4,7,9H2,1H3,(H,19,20,22)/t12-,16-/m0/s1. The van der Waals surface area contributed by atoms with E-state index in [-0.39, 0.29) is 11.6 Å². The first-order valence-electron chi connectivity index (χ1n) is 8.01. The molecule has 1 fully saturated rings. The van der Waals surface area contributed by atoms with Gasteiger partial charge in [-0.05, 0) is 60.8 Å². The number of rotatable bonds is 3. The molecule has 1 aliphatic rings. The number of nitrogens with one attached hydrogen (secondary N) is 1. The van der Waals surface area contributed by atoms with Crippen molar-refractivity contribution in [3.63, 3.8) is 0 Å². The Bertz CT molecular complexity index is 871. The Balaban J connectivity index is 1.71. The van der Waals surface area contributed by atoms with Crippen LogP contribution in [0.5, 0.6) is 0 Å². The fourth-order valence-corrected chi connectivity index (χ4v) is 4.24. The third-order valence-corrected chi connectivity index (χ3v) is 5.45. The topological polar surface area (TPSA) is 49.0 Å². The van der Waals surface area contributed by atoms with Crippen LogP contribution in [-0.2, 0) is 0 Å². The van der Waals surface area contributed by atoms with Crippen LogP contribution in [0.15, 0.2) is 45.9 Å². The van der Waals surface area contributed by atoms with E-state index < -0.39 is 0 Å². The smallest absolute Gasteiger partial charge is 0.258 e. The number of nitrogens with zero attached hydrogens (tertiary/aromatic N) is 2. The van der Waals surface area contributed by atoms with Crippen molar-refractivity contribution in [3.05, 3.63) is 62.8 Å². The highest BCUT2D eigenvalue weighted by Crippen LogP contribution is 2.38. The Hall–Kier alpha value is -1.98. The van der Waals surface area contributed by atoms with Gasteiger partial charge in [0.1, 0.15) is 5.82 Å². The van der Waals surface area contributed by atoms with Crippen LogP contribution in [0.25, 0.3) is 10.9 Å². The normalized spacial score (nSPS) is 20.1. The molecule has 1 saturated heterocycles. The molecule has 0 spiro atoms. The molecule has 5 heteroatoms. The minimum absolute atomic E-state index is 0.0521. The summed E-state index contributed by atoms with van der Waals surface area (Å²) in [6.45, 7) is 3.18. The lowest BCUT2D eigenvalue weighted by Gasteiger charge is -2.29. The highest BCUT2D eigenvalue weighted by molar-refractivity contribution is 7.07. The van der Waals surface area contributed by atoms with E-state index in [9.17, 15) is 4.79 Å². The highest BCUT2D eigenvalue weighted by atomic mass is 32.1. The van der Waals surface area contributed by atoms with E-state index >= 15 is 0 Å². The van der Waals surface area contributed by atoms with Gasteiger partial charge in [0, 0.05) is 6.04 Å². The number of likely N-dealkylation sites (tertiary alicyclic amines) is 1. The zero-order valence-electron chi connectivity index (χ0n) is 13.0. The summed E-state index contributed by atoms with van der Waals surface area (Å²) >= 11 is 1.74. The van der Waals surface area contributed by atoms with Crippen LogP contribution in [0, 0.1) is 0 Å². The van der Waals surface area contributed by atoms with Crippen LogP contribution in [0.2, 0.25) is 0 Å². The van der Waals surface area contributed by atoms with Gasteiger partial charge in [0.15, 0.2) is 0 Å². The molecule has 1 aromatic carbocycles. The van der Waals surface area contributed by atoms with Gasteiger partial charge in [0.25, 0.3) is 5.56 Å². The summed E-state index contributed by atoms with van der Waals surface area (Å²) in [7, 11) is 0. The SMILES string of the molecule is C[C@@H](c1nc2ccccc2c(=O)[nH]1)N1CCC[C@H]1c1ccsc1. The molecule has 3 heterocycles. The quantitative estimate of drug-likeness (QED) is 0.795. The van der Waals surface area contributed by atoms with Crippen molar-refractivity contribution in [2.24, 2.45) is 0 Å². The van der Waals surface area contributed by atoms with Crippen LogP contribution < -0.4 is 5.56 Å². The van der Waals surface area contributed by atoms with E-state index in [0.717, 1.165) is 17.9 Å². The Labute approximate surface area is 138 Å². The molecule has 0 amide bonds. The van der Waals surface area contributed by atoms with E-state index in [1.165, 1.54) is 18.4 Å². The van der Waals surface area contributed by atoms with E-state index in [2.05, 4.69) is 33.6 Å². The number of thiophene rings is 1. The first kappa shape index (κ1) is 14.6. The number of aromatic nitrogens is 2. The number of benzene rings is 1. The summed E-state index contributed by atoms with van der Waals surface area (Å²) in [5.74, 6) is 0.760. The molecule has 0 aliphatic carbocycles. The van der Waals surface area contributed by atoms with Gasteiger partial charge in [0.2, 0.25) is 0 Å². The molecule has 2 atom stereocenters. The first-order chi connectivity index (χ1) is 11.2. The van der Waals surface area contributed by atoms with Crippen LogP contribution >= 0.6 is 11.3 Å². The van der Waals surface area contributed by atoms with Gasteiger partial charge in [-0.1, -0.05) is 12.1 Å². The number of hydrogen-bond donors (Lipinski definition) is 1. The lowest BCUT2D eigenvalue weighted by Crippen LogP contribution is -2.29. The summed E-state index contributed by atoms with van der Waals surface area (Å²) in [4.78, 5) is 22.5. The molecule has 3 aromatic rings. The fourth-order valence-electron chi connectivity index (χ4n) is 3.53. The van der Waals surface area contributed by atoms with Gasteiger partial charge < -0.3 is 4.98 Å². The summed E-state index contributed by atoms with van der Waals surface area (Å²) in [5.41, 5.74) is 2.09. The van der Waals surface area contributed by atoms with E-state index in [1.807, 2.05) is 24.3 Å². The van der Waals surface area contributed by atoms with Crippen molar-refractivity contribution >= 4 is 22.2 Å². The summed E-state index contributed by atoms with van der Waals surface area (Å²) in [6, 6.07) is 10.2. The summed E-state index contributed by atoms with van der Waals surface area (Å²) in [6.07, 6.45) is 2.35. The number of para-hydroxylation sites is 1. The minimum atomic E-state index is -0.0521. The van der Waals surface area contributed by atoms with Crippen LogP contribution in [-0.4, -0.2) is 21.4 Å². The monoisotopic (exact) mass is 325 g/mol. The zero-order valence-corrected chi connectivity index (χ0v) is 13.8. The van der Waals surface area contributed by atoms with E-state index in [0.29, 0.717) is 11.4 Å². The average Bonchev–Trinajstić information content (AvgIpc) is 3.25. The zero-order chi connectivity index (χ0) is 15.8. The Morgan fingerprint density at radius 2 is 2.22 bits per heavy atom. The maximum Gasteiger partial charge on any atom is 0.258 e. The second-order valence-corrected chi connectivity index (χ2v) is 6.88. The van der Waals surface area contributed by atoms with Crippen LogP contribution in [0.4, 0.5) is 0 Å². The largest absolute Gasteiger partial charge is 0.309 e. The van der Waals surface area contributed by atoms with Gasteiger partial charge in [0.05, 0.1) is 16.9 Å². The van der Waals surface area contributed by atoms with Gasteiger partial charge >= 0.3 is 0 Å². The molecule has 118 valence electrons. The molecule has 2 aromatic heterocycles. The molecule has 1 aliphatic heterocycles. The number of fused-ring (bicyclic) bond motifs is 1. The average molecular weight is 325 g/mol. The maximum atomic E-state index is 12.3. The molecule has 4 rings (SSSR count). The number of aromatic amines is 1. The van der Waals surface area contributed by atoms with Gasteiger partial charge in [-0.3, -0.25) is 9.69 Å². The van der Waals surface area contributed by atoms with Crippen LogP contribution in [0.3, 0.4) is 0 Å². The summed E-state index contributed by atoms with van der Waals surface area (Å²) < 4.78 is 0. The molecule has 23 heavy (non-hydrogen) atoms. The van der Waals surface area contributed by atoms with Gasteiger partial charge in [-0.2, -0.15) is 11.3 Å². The Kier molecular flexibility index (Phi) is 3.75. The molecular weight excluding hydrogens is 306 g/mol. The van der Waals surface area contributed by atoms with Gasteiger partial charge in [-0.15, -0.1) is 0 Å². The fraction of sp³-hybridized carbons (Fsp3) is 0.333. The minimum Gasteiger partial charge on any atom is -0.309 e. The molecule has 0 bridgehead atoms. The highest BCUT2D eigenvalue weighted by Gasteiger charge is 2.31. The predicted molar refractivity (Wildman–Crippen MR) is 93.8 cm³/mol. The van der Waals surface area contributed by atoms with Gasteiger partial charge in [-0.25, -0.2) is 4.98 Å². The summed E-state index contributed by atoms with van der Waals surface area (Å²) in [5, 5.41) is 5.01. The molecule has 4 nitrogen and oxygen atoms in total. The second-order valence-electron chi connectivity index (χ2n) is 6.10. The van der Waals surface area contributed by atoms with Crippen molar-refractivity contribution in [3.8, 4) is 0 Å². The number of hydrogen-bond acceptors (Lipinski definition) is 4. The van der Waals surface area contributed by atoms with Crippen molar-refractivity contribution in [2.45, 2.75) is 31.8 Å². The molecular formula is C18H19N3OS. The van der Waals surface area contributed by atoms with Crippen molar-refractivity contribution in [2.75, 3.05) is 6.54 Å². The maximum absolute atomic E-state index is 12.3.